The van der Waals surface area contributed by atoms with Crippen molar-refractivity contribution in [2.24, 2.45) is 5.92 Å². The Morgan fingerprint density at radius 3 is 2.44 bits per heavy atom. The quantitative estimate of drug-likeness (QED) is 0.221. The topological polar surface area (TPSA) is 54.8 Å². The van der Waals surface area contributed by atoms with Crippen molar-refractivity contribution in [3.05, 3.63) is 77.2 Å². The molecule has 1 fully saturated rings. The van der Waals surface area contributed by atoms with Crippen LogP contribution in [-0.2, 0) is 13.2 Å². The lowest BCUT2D eigenvalue weighted by Gasteiger charge is -2.31. The number of aromatic nitrogens is 1. The van der Waals surface area contributed by atoms with Gasteiger partial charge in [-0.15, -0.1) is 0 Å². The molecular formula is C32H42FN2O3P. The van der Waals surface area contributed by atoms with Gasteiger partial charge in [0.15, 0.2) is 0 Å². The zero-order chi connectivity index (χ0) is 28.1. The van der Waals surface area contributed by atoms with Crippen LogP contribution in [0, 0.1) is 11.7 Å². The maximum Gasteiger partial charge on any atom is 0.213 e. The van der Waals surface area contributed by atoms with Gasteiger partial charge in [0.05, 0.1) is 13.3 Å². The van der Waals surface area contributed by atoms with Crippen LogP contribution in [-0.4, -0.2) is 46.8 Å². The number of pyridine rings is 1. The molecule has 1 aliphatic carbocycles. The summed E-state index contributed by atoms with van der Waals surface area (Å²) in [7, 11) is 0.598. The van der Waals surface area contributed by atoms with Gasteiger partial charge in [-0.05, 0) is 99.6 Å². The van der Waals surface area contributed by atoms with Crippen LogP contribution in [0.3, 0.4) is 0 Å². The summed E-state index contributed by atoms with van der Waals surface area (Å²) in [5.41, 5.74) is 4.63. The van der Waals surface area contributed by atoms with Crippen LogP contribution in [0.5, 0.6) is 11.6 Å². The predicted molar refractivity (Wildman–Crippen MR) is 158 cm³/mol. The van der Waals surface area contributed by atoms with E-state index in [1.165, 1.54) is 31.7 Å². The Bertz CT molecular complexity index is 1240. The van der Waals surface area contributed by atoms with E-state index >= 15 is 0 Å². The number of benzene rings is 2. The minimum atomic E-state index is -0.942. The van der Waals surface area contributed by atoms with Crippen LogP contribution < -0.4 is 9.47 Å². The second-order valence-electron chi connectivity index (χ2n) is 11.2. The molecule has 1 aliphatic rings. The van der Waals surface area contributed by atoms with Crippen molar-refractivity contribution in [1.82, 2.24) is 9.88 Å². The molecule has 1 N–H and O–H groups in total. The van der Waals surface area contributed by atoms with Gasteiger partial charge < -0.3 is 14.4 Å². The molecule has 0 radical (unpaired) electrons. The molecular weight excluding hydrogens is 510 g/mol. The van der Waals surface area contributed by atoms with Gasteiger partial charge in [-0.1, -0.05) is 30.3 Å². The van der Waals surface area contributed by atoms with Crippen molar-refractivity contribution in [2.45, 2.75) is 71.7 Å². The monoisotopic (exact) mass is 552 g/mol. The van der Waals surface area contributed by atoms with Crippen LogP contribution in [0.1, 0.15) is 63.1 Å². The summed E-state index contributed by atoms with van der Waals surface area (Å²) >= 11 is 0. The Hall–Kier alpha value is -2.53. The maximum absolute atomic E-state index is 15.0. The van der Waals surface area contributed by atoms with Gasteiger partial charge in [0.1, 0.15) is 18.2 Å². The number of hydrogen-bond donors (Lipinski definition) is 1. The average Bonchev–Trinajstić information content (AvgIpc) is 3.75. The van der Waals surface area contributed by atoms with Crippen LogP contribution in [0.25, 0.3) is 11.1 Å². The number of methoxy groups -OCH3 is 1. The summed E-state index contributed by atoms with van der Waals surface area (Å²) in [6.45, 7) is 11.8. The van der Waals surface area contributed by atoms with E-state index < -0.39 is 8.15 Å². The van der Waals surface area contributed by atoms with Crippen molar-refractivity contribution < 1.29 is 18.8 Å². The molecule has 1 aromatic heterocycles. The second kappa shape index (κ2) is 13.2. The standard InChI is InChI=1S/C32H42FN2O3P/c1-21(2)35(22(3)4)18-26-14-23(10-13-28(26)29-16-32(37-5)34-17-31(29)33)19-38-27-9-7-8-25(15-27)30(20-39(6)36)24-11-12-24/h7-10,13-17,21-22,24,30,36H,11-12,18-20H2,1-6H3. The summed E-state index contributed by atoms with van der Waals surface area (Å²) < 4.78 is 26.5. The van der Waals surface area contributed by atoms with Crippen molar-refractivity contribution in [3.63, 3.8) is 0 Å². The summed E-state index contributed by atoms with van der Waals surface area (Å²) in [5.74, 6) is 1.91. The minimum Gasteiger partial charge on any atom is -0.489 e. The molecule has 0 aliphatic heterocycles. The molecule has 0 bridgehead atoms. The van der Waals surface area contributed by atoms with E-state index in [9.17, 15) is 9.28 Å². The fraction of sp³-hybridized carbons (Fsp3) is 0.469. The zero-order valence-electron chi connectivity index (χ0n) is 24.0. The molecule has 0 saturated heterocycles. The van der Waals surface area contributed by atoms with Crippen LogP contribution in [0.2, 0.25) is 0 Å². The van der Waals surface area contributed by atoms with Crippen molar-refractivity contribution in [2.75, 3.05) is 19.9 Å². The molecule has 1 saturated carbocycles. The SMILES string of the molecule is COc1cc(-c2ccc(COc3cccc(C(CP(C)O)C4CC4)c3)cc2CN(C(C)C)C(C)C)c(F)cn1. The molecule has 0 spiro atoms. The molecule has 3 aromatic rings. The average molecular weight is 553 g/mol. The molecule has 0 amide bonds. The predicted octanol–water partition coefficient (Wildman–Crippen LogP) is 7.61. The summed E-state index contributed by atoms with van der Waals surface area (Å²) in [4.78, 5) is 16.5. The summed E-state index contributed by atoms with van der Waals surface area (Å²) in [5, 5.41) is 0. The first kappa shape index (κ1) is 29.5. The van der Waals surface area contributed by atoms with Gasteiger partial charge in [-0.3, -0.25) is 4.90 Å². The van der Waals surface area contributed by atoms with Gasteiger partial charge >= 0.3 is 0 Å². The first-order valence-corrected chi connectivity index (χ1v) is 15.8. The van der Waals surface area contributed by atoms with Gasteiger partial charge in [-0.2, -0.15) is 0 Å². The Balaban J connectivity index is 1.61. The van der Waals surface area contributed by atoms with Gasteiger partial charge in [-0.25, -0.2) is 9.37 Å². The highest BCUT2D eigenvalue weighted by atomic mass is 31.1. The zero-order valence-corrected chi connectivity index (χ0v) is 24.9. The molecule has 4 rings (SSSR count). The first-order valence-electron chi connectivity index (χ1n) is 13.9. The molecule has 2 atom stereocenters. The van der Waals surface area contributed by atoms with Gasteiger partial charge in [0.25, 0.3) is 0 Å². The van der Waals surface area contributed by atoms with Crippen LogP contribution in [0.4, 0.5) is 4.39 Å². The number of halogens is 1. The highest BCUT2D eigenvalue weighted by Crippen LogP contribution is 2.47. The fourth-order valence-corrected chi connectivity index (χ4v) is 6.42. The molecule has 2 aromatic carbocycles. The van der Waals surface area contributed by atoms with Crippen LogP contribution in [0.15, 0.2) is 54.7 Å². The normalized spacial score (nSPS) is 15.2. The highest BCUT2D eigenvalue weighted by Gasteiger charge is 2.33. The van der Waals surface area contributed by atoms with E-state index in [0.29, 0.717) is 48.5 Å². The van der Waals surface area contributed by atoms with E-state index in [2.05, 4.69) is 55.8 Å². The summed E-state index contributed by atoms with van der Waals surface area (Å²) in [6, 6.07) is 16.8. The fourth-order valence-electron chi connectivity index (χ4n) is 5.34. The minimum absolute atomic E-state index is 0.333. The van der Waals surface area contributed by atoms with E-state index in [0.717, 1.165) is 28.6 Å². The molecule has 210 valence electrons. The number of ether oxygens (including phenoxy) is 2. The molecule has 39 heavy (non-hydrogen) atoms. The molecule has 5 nitrogen and oxygen atoms in total. The van der Waals surface area contributed by atoms with Crippen molar-refractivity contribution in [1.29, 1.82) is 0 Å². The van der Waals surface area contributed by atoms with Crippen LogP contribution >= 0.6 is 8.15 Å². The Kier molecular flexibility index (Phi) is 9.98. The lowest BCUT2D eigenvalue weighted by Crippen LogP contribution is -2.36. The third kappa shape index (κ3) is 7.78. The molecule has 2 unspecified atom stereocenters. The smallest absolute Gasteiger partial charge is 0.213 e. The molecule has 1 heterocycles. The Morgan fingerprint density at radius 1 is 1.05 bits per heavy atom. The first-order chi connectivity index (χ1) is 18.7. The summed E-state index contributed by atoms with van der Waals surface area (Å²) in [6.07, 6.45) is 4.54. The number of rotatable bonds is 13. The Morgan fingerprint density at radius 2 is 1.79 bits per heavy atom. The van der Waals surface area contributed by atoms with Crippen molar-refractivity contribution >= 4 is 8.15 Å². The lowest BCUT2D eigenvalue weighted by molar-refractivity contribution is 0.166. The number of hydrogen-bond acceptors (Lipinski definition) is 5. The van der Waals surface area contributed by atoms with Gasteiger partial charge in [0.2, 0.25) is 5.88 Å². The third-order valence-corrected chi connectivity index (χ3v) is 8.44. The number of nitrogens with zero attached hydrogens (tertiary/aromatic N) is 2. The van der Waals surface area contributed by atoms with E-state index in [-0.39, 0.29) is 5.82 Å². The van der Waals surface area contributed by atoms with E-state index in [1.807, 2.05) is 30.9 Å². The van der Waals surface area contributed by atoms with E-state index in [4.69, 9.17) is 9.47 Å². The maximum atomic E-state index is 15.0. The molecule has 7 heteroatoms. The van der Waals surface area contributed by atoms with E-state index in [1.54, 1.807) is 6.07 Å². The highest BCUT2D eigenvalue weighted by molar-refractivity contribution is 7.50. The largest absolute Gasteiger partial charge is 0.489 e. The lowest BCUT2D eigenvalue weighted by atomic mass is 9.96. The second-order valence-corrected chi connectivity index (χ2v) is 12.9. The third-order valence-electron chi connectivity index (χ3n) is 7.52. The van der Waals surface area contributed by atoms with Gasteiger partial charge in [0, 0.05) is 38.4 Å². The Labute approximate surface area is 234 Å². The van der Waals surface area contributed by atoms with Crippen molar-refractivity contribution in [3.8, 4) is 22.8 Å².